The van der Waals surface area contributed by atoms with E-state index in [0.717, 1.165) is 19.3 Å². The number of hydrogen-bond donors (Lipinski definition) is 5. The Morgan fingerprint density at radius 2 is 1.40 bits per heavy atom. The molecule has 0 spiro atoms. The Hall–Kier alpha value is -4.11. The van der Waals surface area contributed by atoms with Gasteiger partial charge in [-0.2, -0.15) is 4.98 Å². The second-order valence-corrected chi connectivity index (χ2v) is 12.9. The average molecular weight is 734 g/mol. The summed E-state index contributed by atoms with van der Waals surface area (Å²) in [6, 6.07) is 4.90. The van der Waals surface area contributed by atoms with E-state index in [-0.39, 0.29) is 74.4 Å². The van der Waals surface area contributed by atoms with Crippen LogP contribution in [0.4, 0.5) is 11.6 Å². The summed E-state index contributed by atoms with van der Waals surface area (Å²) in [5.74, 6) is -3.45. The van der Waals surface area contributed by atoms with E-state index in [0.29, 0.717) is 17.8 Å². The number of nitrogen functional groups attached to an aromatic ring is 1. The molecule has 282 valence electrons. The number of H-pyrrole nitrogens is 1. The van der Waals surface area contributed by atoms with Crippen molar-refractivity contribution in [2.75, 3.05) is 11.1 Å². The number of aromatic nitrogens is 4. The summed E-state index contributed by atoms with van der Waals surface area (Å²) in [5.41, 5.74) is 6.51. The zero-order chi connectivity index (χ0) is 36.8. The zero-order valence-corrected chi connectivity index (χ0v) is 31.8. The maximum atomic E-state index is 12.7. The van der Waals surface area contributed by atoms with Crippen LogP contribution in [-0.2, 0) is 25.7 Å². The number of anilines is 2. The summed E-state index contributed by atoms with van der Waals surface area (Å²) in [6.45, 7) is 2.46. The van der Waals surface area contributed by atoms with Crippen LogP contribution in [0.25, 0.3) is 11.2 Å². The number of carbonyl (C=O) groups excluding carboxylic acids is 3. The van der Waals surface area contributed by atoms with Crippen LogP contribution in [0, 0.1) is 0 Å². The number of aromatic amines is 1. The number of carboxylic acids is 1. The maximum Gasteiger partial charge on any atom is 2.00 e. The van der Waals surface area contributed by atoms with Gasteiger partial charge >= 0.3 is 41.0 Å². The van der Waals surface area contributed by atoms with Crippen molar-refractivity contribution < 1.29 is 31.9 Å². The molecule has 2 heterocycles. The quantitative estimate of drug-likeness (QED) is 0.0291. The maximum absolute atomic E-state index is 12.7. The number of amides is 1. The Balaban J connectivity index is 0.00000936. The topological polar surface area (TPSA) is 219 Å². The normalized spacial score (nSPS) is 11.4. The molecule has 0 fully saturated rings. The minimum atomic E-state index is -1.35. The molecule has 0 bridgehead atoms. The van der Waals surface area contributed by atoms with Crippen molar-refractivity contribution in [2.24, 2.45) is 0 Å². The number of aliphatic carboxylic acids is 1. The van der Waals surface area contributed by atoms with Crippen molar-refractivity contribution in [3.05, 3.63) is 52.1 Å². The number of unbranched alkanes of at least 4 members (excludes halogenated alkanes) is 14. The van der Waals surface area contributed by atoms with Gasteiger partial charge in [0.25, 0.3) is 11.5 Å². The Morgan fingerprint density at radius 1 is 0.846 bits per heavy atom. The van der Waals surface area contributed by atoms with Gasteiger partial charge in [0.15, 0.2) is 11.2 Å². The van der Waals surface area contributed by atoms with Crippen LogP contribution in [0.3, 0.4) is 0 Å². The van der Waals surface area contributed by atoms with Crippen LogP contribution in [0.2, 0.25) is 0 Å². The summed E-state index contributed by atoms with van der Waals surface area (Å²) < 4.78 is 4.87. The predicted octanol–water partition coefficient (Wildman–Crippen LogP) is 6.05. The summed E-state index contributed by atoms with van der Waals surface area (Å²) in [7, 11) is 0. The standard InChI is InChI=1S/C37H53N7O7.Mg.2H/c1-2-3-4-5-6-7-8-9-10-11-12-13-14-15-16-17-30(45)51-31(46)23-22-29(36(49)50)42-34(47)26-18-20-27(21-19-26)39-24-28-25-40-33-32(41-28)35(48)44-37(38)43-33;;;/h18-21,25,29,39H,2-17,22-24H2,1H3,(H,42,47)(H,49,50)(H3,38,40,43,44,48);;;/q;+2;2*-1/t29-;;;/m0.../s1. The van der Waals surface area contributed by atoms with E-state index in [1.807, 2.05) is 0 Å². The molecule has 15 heteroatoms. The number of nitrogens with two attached hydrogens (primary N) is 1. The van der Waals surface area contributed by atoms with Gasteiger partial charge in [0.05, 0.1) is 18.4 Å². The number of carbonyl (C=O) groups is 4. The van der Waals surface area contributed by atoms with Gasteiger partial charge < -0.3 is 29.1 Å². The molecular weight excluding hydrogens is 679 g/mol. The van der Waals surface area contributed by atoms with Crippen LogP contribution in [0.1, 0.15) is 141 Å². The first kappa shape index (κ1) is 44.0. The van der Waals surface area contributed by atoms with E-state index in [9.17, 15) is 29.1 Å². The fourth-order valence-electron chi connectivity index (χ4n) is 5.62. The molecule has 0 aliphatic rings. The van der Waals surface area contributed by atoms with E-state index in [2.05, 4.69) is 37.5 Å². The second-order valence-electron chi connectivity index (χ2n) is 12.9. The van der Waals surface area contributed by atoms with Crippen LogP contribution in [0.5, 0.6) is 0 Å². The molecule has 0 radical (unpaired) electrons. The van der Waals surface area contributed by atoms with E-state index in [1.165, 1.54) is 89.0 Å². The molecule has 1 amide bonds. The summed E-state index contributed by atoms with van der Waals surface area (Å²) in [6.07, 6.45) is 19.2. The smallest absolute Gasteiger partial charge is 1.00 e. The molecule has 0 saturated carbocycles. The number of ether oxygens (including phenoxy) is 1. The molecule has 3 rings (SSSR count). The molecule has 0 aliphatic heterocycles. The molecule has 2 aromatic heterocycles. The van der Waals surface area contributed by atoms with Crippen molar-refractivity contribution in [1.82, 2.24) is 25.3 Å². The summed E-state index contributed by atoms with van der Waals surface area (Å²) in [4.78, 5) is 75.6. The minimum Gasteiger partial charge on any atom is -1.00 e. The van der Waals surface area contributed by atoms with E-state index >= 15 is 0 Å². The largest absolute Gasteiger partial charge is 2.00 e. The number of carboxylic acid groups (broad SMARTS) is 1. The fourth-order valence-corrected chi connectivity index (χ4v) is 5.62. The molecule has 3 aromatic rings. The van der Waals surface area contributed by atoms with Gasteiger partial charge in [0.1, 0.15) is 6.04 Å². The number of nitrogens with one attached hydrogen (secondary N) is 3. The van der Waals surface area contributed by atoms with Gasteiger partial charge in [-0.05, 0) is 37.1 Å². The van der Waals surface area contributed by atoms with Gasteiger partial charge in [-0.25, -0.2) is 14.8 Å². The third-order valence-corrected chi connectivity index (χ3v) is 8.56. The Labute approximate surface area is 324 Å². The van der Waals surface area contributed by atoms with E-state index in [1.54, 1.807) is 12.1 Å². The number of hydrogen-bond acceptors (Lipinski definition) is 11. The van der Waals surface area contributed by atoms with Gasteiger partial charge in [0, 0.05) is 24.1 Å². The van der Waals surface area contributed by atoms with Crippen molar-refractivity contribution in [2.45, 2.75) is 135 Å². The van der Waals surface area contributed by atoms with Crippen LogP contribution in [-0.4, -0.2) is 78.0 Å². The first-order valence-corrected chi connectivity index (χ1v) is 18.3. The molecule has 14 nitrogen and oxygen atoms in total. The zero-order valence-electron chi connectivity index (χ0n) is 32.4. The first-order valence-electron chi connectivity index (χ1n) is 18.3. The van der Waals surface area contributed by atoms with Crippen LogP contribution in [0.15, 0.2) is 35.3 Å². The van der Waals surface area contributed by atoms with E-state index < -0.39 is 35.4 Å². The Morgan fingerprint density at radius 3 is 1.98 bits per heavy atom. The molecule has 0 unspecified atom stereocenters. The van der Waals surface area contributed by atoms with Gasteiger partial charge in [-0.3, -0.25) is 24.2 Å². The number of benzene rings is 1. The average Bonchev–Trinajstić information content (AvgIpc) is 3.10. The van der Waals surface area contributed by atoms with E-state index in [4.69, 9.17) is 10.5 Å². The molecular formula is C37H55MgN7O7. The van der Waals surface area contributed by atoms with Crippen molar-refractivity contribution >= 4 is 69.7 Å². The molecule has 1 atom stereocenters. The van der Waals surface area contributed by atoms with Gasteiger partial charge in [-0.1, -0.05) is 96.8 Å². The number of esters is 2. The van der Waals surface area contributed by atoms with Crippen molar-refractivity contribution in [3.63, 3.8) is 0 Å². The van der Waals surface area contributed by atoms with Crippen LogP contribution < -0.4 is 21.9 Å². The summed E-state index contributed by atoms with van der Waals surface area (Å²) >= 11 is 0. The molecule has 1 aromatic carbocycles. The summed E-state index contributed by atoms with van der Waals surface area (Å²) in [5, 5.41) is 15.1. The van der Waals surface area contributed by atoms with Gasteiger partial charge in [-0.15, -0.1) is 0 Å². The van der Waals surface area contributed by atoms with Crippen molar-refractivity contribution in [1.29, 1.82) is 0 Å². The minimum absolute atomic E-state index is 0. The fraction of sp³-hybridized carbons (Fsp3) is 0.568. The number of rotatable bonds is 25. The van der Waals surface area contributed by atoms with Crippen molar-refractivity contribution in [3.8, 4) is 0 Å². The molecule has 52 heavy (non-hydrogen) atoms. The number of fused-ring (bicyclic) bond motifs is 1. The molecule has 0 saturated heterocycles. The first-order chi connectivity index (χ1) is 24.7. The Kier molecular flexibility index (Phi) is 21.1. The molecule has 0 aliphatic carbocycles. The second kappa shape index (κ2) is 25.0. The molecule has 6 N–H and O–H groups in total. The third kappa shape index (κ3) is 16.9. The predicted molar refractivity (Wildman–Crippen MR) is 203 cm³/mol. The SMILES string of the molecule is CCCCCCCCCCCCCCCCCC(=O)OC(=O)CC[C@H](NC(=O)c1ccc(NCc2cnc3nc(N)[nH]c(=O)c3n2)cc1)C(=O)O.[H-].[H-].[Mg+2]. The third-order valence-electron chi connectivity index (χ3n) is 8.56. The Bertz CT molecular complexity index is 1630. The van der Waals surface area contributed by atoms with Gasteiger partial charge in [0.2, 0.25) is 5.95 Å². The van der Waals surface area contributed by atoms with Crippen LogP contribution >= 0.6 is 0 Å². The number of nitrogens with zero attached hydrogens (tertiary/aromatic N) is 3. The monoisotopic (exact) mass is 733 g/mol.